The molecule has 1 unspecified atom stereocenters. The van der Waals surface area contributed by atoms with Gasteiger partial charge >= 0.3 is 0 Å². The molecule has 0 saturated carbocycles. The minimum absolute atomic E-state index is 0.691. The second kappa shape index (κ2) is 8.62. The highest BCUT2D eigenvalue weighted by atomic mass is 35.5. The van der Waals surface area contributed by atoms with Crippen LogP contribution in [0.5, 0.6) is 5.75 Å². The number of benzene rings is 1. The van der Waals surface area contributed by atoms with Crippen molar-refractivity contribution in [2.24, 2.45) is 5.92 Å². The lowest BCUT2D eigenvalue weighted by molar-refractivity contribution is 0.199. The lowest BCUT2D eigenvalue weighted by atomic mass is 9.96. The van der Waals surface area contributed by atoms with Crippen molar-refractivity contribution in [3.05, 3.63) is 28.3 Å². The normalized spacial score (nSPS) is 14.8. The lowest BCUT2D eigenvalue weighted by Crippen LogP contribution is -2.21. The van der Waals surface area contributed by atoms with Crippen molar-refractivity contribution in [1.82, 2.24) is 5.32 Å². The van der Waals surface area contributed by atoms with Crippen molar-refractivity contribution in [3.63, 3.8) is 0 Å². The minimum atomic E-state index is 0.691. The van der Waals surface area contributed by atoms with Gasteiger partial charge in [-0.1, -0.05) is 18.5 Å². The van der Waals surface area contributed by atoms with E-state index in [9.17, 15) is 0 Å². The summed E-state index contributed by atoms with van der Waals surface area (Å²) in [5, 5.41) is 4.23. The molecule has 1 heterocycles. The first-order chi connectivity index (χ1) is 10.2. The molecule has 0 bridgehead atoms. The maximum Gasteiger partial charge on any atom is 0.125 e. The van der Waals surface area contributed by atoms with Crippen molar-refractivity contribution < 1.29 is 9.47 Å². The molecule has 1 aromatic rings. The van der Waals surface area contributed by atoms with Gasteiger partial charge in [-0.05, 0) is 55.0 Å². The zero-order chi connectivity index (χ0) is 15.1. The van der Waals surface area contributed by atoms with Crippen LogP contribution in [0.4, 0.5) is 0 Å². The van der Waals surface area contributed by atoms with E-state index in [-0.39, 0.29) is 0 Å². The molecular weight excluding hydrogens is 286 g/mol. The topological polar surface area (TPSA) is 30.5 Å². The van der Waals surface area contributed by atoms with Crippen molar-refractivity contribution in [1.29, 1.82) is 0 Å². The SMILES string of the molecule is COCCNCCC(C)CCc1cc(Cl)cc2c1OCC2. The summed E-state index contributed by atoms with van der Waals surface area (Å²) in [5.41, 5.74) is 2.54. The Kier molecular flexibility index (Phi) is 6.81. The van der Waals surface area contributed by atoms with Crippen molar-refractivity contribution in [2.45, 2.75) is 32.6 Å². The summed E-state index contributed by atoms with van der Waals surface area (Å²) in [4.78, 5) is 0. The summed E-state index contributed by atoms with van der Waals surface area (Å²) >= 11 is 6.20. The van der Waals surface area contributed by atoms with Crippen LogP contribution in [0, 0.1) is 5.92 Å². The van der Waals surface area contributed by atoms with Gasteiger partial charge in [0, 0.05) is 25.1 Å². The summed E-state index contributed by atoms with van der Waals surface area (Å²) in [7, 11) is 1.73. The van der Waals surface area contributed by atoms with Crippen LogP contribution in [-0.2, 0) is 17.6 Å². The van der Waals surface area contributed by atoms with Gasteiger partial charge in [0.1, 0.15) is 5.75 Å². The number of nitrogens with one attached hydrogen (secondary N) is 1. The van der Waals surface area contributed by atoms with Gasteiger partial charge in [0.15, 0.2) is 0 Å². The summed E-state index contributed by atoms with van der Waals surface area (Å²) in [6.45, 7) is 5.86. The maximum absolute atomic E-state index is 6.20. The number of ether oxygens (including phenoxy) is 2. The van der Waals surface area contributed by atoms with E-state index in [1.54, 1.807) is 7.11 Å². The van der Waals surface area contributed by atoms with E-state index in [4.69, 9.17) is 21.1 Å². The Hall–Kier alpha value is -0.770. The van der Waals surface area contributed by atoms with Crippen LogP contribution in [0.3, 0.4) is 0 Å². The zero-order valence-electron chi connectivity index (χ0n) is 13.1. The van der Waals surface area contributed by atoms with E-state index < -0.39 is 0 Å². The number of aryl methyl sites for hydroxylation is 1. The highest BCUT2D eigenvalue weighted by Gasteiger charge is 2.17. The van der Waals surface area contributed by atoms with E-state index in [1.807, 2.05) is 6.07 Å². The van der Waals surface area contributed by atoms with Crippen LogP contribution < -0.4 is 10.1 Å². The van der Waals surface area contributed by atoms with Gasteiger partial charge in [0.05, 0.1) is 13.2 Å². The highest BCUT2D eigenvalue weighted by Crippen LogP contribution is 2.34. The Balaban J connectivity index is 1.75. The average molecular weight is 312 g/mol. The predicted octanol–water partition coefficient (Wildman–Crippen LogP) is 3.47. The molecule has 0 fully saturated rings. The molecule has 0 spiro atoms. The van der Waals surface area contributed by atoms with Gasteiger partial charge in [-0.2, -0.15) is 0 Å². The Morgan fingerprint density at radius 2 is 2.19 bits per heavy atom. The molecule has 0 radical (unpaired) electrons. The molecule has 1 atom stereocenters. The standard InChI is InChI=1S/C17H26ClNO2/c1-13(5-7-19-8-10-20-2)3-4-14-11-16(18)12-15-6-9-21-17(14)15/h11-13,19H,3-10H2,1-2H3. The number of halogens is 1. The fourth-order valence-corrected chi connectivity index (χ4v) is 2.99. The van der Waals surface area contributed by atoms with Gasteiger partial charge in [0.25, 0.3) is 0 Å². The van der Waals surface area contributed by atoms with Crippen LogP contribution in [0.2, 0.25) is 5.02 Å². The lowest BCUT2D eigenvalue weighted by Gasteiger charge is -2.14. The minimum Gasteiger partial charge on any atom is -0.493 e. The first-order valence-corrected chi connectivity index (χ1v) is 8.22. The predicted molar refractivity (Wildman–Crippen MR) is 87.5 cm³/mol. The van der Waals surface area contributed by atoms with Gasteiger partial charge < -0.3 is 14.8 Å². The second-order valence-corrected chi connectivity index (χ2v) is 6.26. The Morgan fingerprint density at radius 1 is 1.33 bits per heavy atom. The van der Waals surface area contributed by atoms with E-state index in [2.05, 4.69) is 18.3 Å². The maximum atomic E-state index is 6.20. The molecule has 0 aromatic heterocycles. The van der Waals surface area contributed by atoms with E-state index in [0.717, 1.165) is 49.9 Å². The quantitative estimate of drug-likeness (QED) is 0.708. The van der Waals surface area contributed by atoms with Gasteiger partial charge in [-0.25, -0.2) is 0 Å². The van der Waals surface area contributed by atoms with Crippen molar-refractivity contribution in [2.75, 3.05) is 33.4 Å². The zero-order valence-corrected chi connectivity index (χ0v) is 13.8. The fraction of sp³-hybridized carbons (Fsp3) is 0.647. The summed E-state index contributed by atoms with van der Waals surface area (Å²) in [5.74, 6) is 1.78. The molecule has 0 saturated heterocycles. The fourth-order valence-electron chi connectivity index (χ4n) is 2.73. The largest absolute Gasteiger partial charge is 0.493 e. The Morgan fingerprint density at radius 3 is 3.00 bits per heavy atom. The molecule has 1 aromatic carbocycles. The highest BCUT2D eigenvalue weighted by molar-refractivity contribution is 6.30. The monoisotopic (exact) mass is 311 g/mol. The number of fused-ring (bicyclic) bond motifs is 1. The van der Waals surface area contributed by atoms with E-state index >= 15 is 0 Å². The molecule has 1 aliphatic rings. The molecule has 0 amide bonds. The summed E-state index contributed by atoms with van der Waals surface area (Å²) < 4.78 is 10.8. The first-order valence-electron chi connectivity index (χ1n) is 7.84. The molecular formula is C17H26ClNO2. The van der Waals surface area contributed by atoms with Crippen molar-refractivity contribution in [3.8, 4) is 5.75 Å². The third-order valence-corrected chi connectivity index (χ3v) is 4.25. The van der Waals surface area contributed by atoms with E-state index in [0.29, 0.717) is 5.92 Å². The van der Waals surface area contributed by atoms with Crippen LogP contribution in [0.1, 0.15) is 30.9 Å². The summed E-state index contributed by atoms with van der Waals surface area (Å²) in [6, 6.07) is 4.10. The van der Waals surface area contributed by atoms with Gasteiger partial charge in [0.2, 0.25) is 0 Å². The van der Waals surface area contributed by atoms with Gasteiger partial charge in [-0.3, -0.25) is 0 Å². The molecule has 118 valence electrons. The van der Waals surface area contributed by atoms with Crippen LogP contribution in [-0.4, -0.2) is 33.4 Å². The molecule has 2 rings (SSSR count). The number of hydrogen-bond acceptors (Lipinski definition) is 3. The van der Waals surface area contributed by atoms with Crippen molar-refractivity contribution >= 4 is 11.6 Å². The molecule has 1 aliphatic heterocycles. The number of rotatable bonds is 9. The Bertz CT molecular complexity index is 451. The van der Waals surface area contributed by atoms with E-state index in [1.165, 1.54) is 24.0 Å². The smallest absolute Gasteiger partial charge is 0.125 e. The molecule has 3 nitrogen and oxygen atoms in total. The average Bonchev–Trinajstić information content (AvgIpc) is 2.92. The molecule has 4 heteroatoms. The first kappa shape index (κ1) is 16.6. The van der Waals surface area contributed by atoms with Crippen LogP contribution in [0.15, 0.2) is 12.1 Å². The molecule has 21 heavy (non-hydrogen) atoms. The van der Waals surface area contributed by atoms with Crippen LogP contribution in [0.25, 0.3) is 0 Å². The molecule has 1 N–H and O–H groups in total. The second-order valence-electron chi connectivity index (χ2n) is 5.83. The Labute approximate surface area is 133 Å². The summed E-state index contributed by atoms with van der Waals surface area (Å²) in [6.07, 6.45) is 4.39. The van der Waals surface area contributed by atoms with Crippen LogP contribution >= 0.6 is 11.6 Å². The third kappa shape index (κ3) is 5.17. The number of hydrogen-bond donors (Lipinski definition) is 1. The third-order valence-electron chi connectivity index (χ3n) is 4.03. The van der Waals surface area contributed by atoms with Gasteiger partial charge in [-0.15, -0.1) is 0 Å². The molecule has 0 aliphatic carbocycles. The number of methoxy groups -OCH3 is 1.